The summed E-state index contributed by atoms with van der Waals surface area (Å²) in [5, 5.41) is 0. The fourth-order valence-electron chi connectivity index (χ4n) is 3.61. The van der Waals surface area contributed by atoms with Crippen LogP contribution >= 0.6 is 0 Å². The average Bonchev–Trinajstić information content (AvgIpc) is 3.16. The van der Waals surface area contributed by atoms with Crippen LogP contribution in [0.4, 0.5) is 0 Å². The highest BCUT2D eigenvalue weighted by atomic mass is 16.7. The second-order valence-corrected chi connectivity index (χ2v) is 6.97. The molecule has 0 aliphatic carbocycles. The molecule has 2 aliphatic heterocycles. The number of pyridine rings is 1. The van der Waals surface area contributed by atoms with Gasteiger partial charge in [0.2, 0.25) is 6.79 Å². The second-order valence-electron chi connectivity index (χ2n) is 6.97. The van der Waals surface area contributed by atoms with Gasteiger partial charge in [0.15, 0.2) is 11.5 Å². The Bertz CT molecular complexity index is 988. The summed E-state index contributed by atoms with van der Waals surface area (Å²) in [6.07, 6.45) is 4.90. The number of nitrogens with zero attached hydrogens (tertiary/aromatic N) is 4. The van der Waals surface area contributed by atoms with Gasteiger partial charge in [-0.05, 0) is 36.8 Å². The number of hydrogen-bond acceptors (Lipinski definition) is 6. The molecule has 27 heavy (non-hydrogen) atoms. The maximum Gasteiger partial charge on any atom is 0.231 e. The molecule has 0 N–H and O–H groups in total. The molecule has 0 amide bonds. The molecule has 0 unspecified atom stereocenters. The summed E-state index contributed by atoms with van der Waals surface area (Å²) >= 11 is 0. The summed E-state index contributed by atoms with van der Waals surface area (Å²) in [7, 11) is 0. The van der Waals surface area contributed by atoms with Gasteiger partial charge in [-0.15, -0.1) is 0 Å². The minimum Gasteiger partial charge on any atom is -0.454 e. The van der Waals surface area contributed by atoms with E-state index < -0.39 is 0 Å². The Hall–Kier alpha value is -2.99. The van der Waals surface area contributed by atoms with Gasteiger partial charge in [0.25, 0.3) is 0 Å². The van der Waals surface area contributed by atoms with Gasteiger partial charge in [-0.25, -0.2) is 9.97 Å². The van der Waals surface area contributed by atoms with Gasteiger partial charge in [0.1, 0.15) is 5.82 Å². The summed E-state index contributed by atoms with van der Waals surface area (Å²) in [6.45, 7) is 5.00. The number of benzene rings is 1. The lowest BCUT2D eigenvalue weighted by atomic mass is 10.1. The van der Waals surface area contributed by atoms with E-state index in [4.69, 9.17) is 9.47 Å². The van der Waals surface area contributed by atoms with Gasteiger partial charge in [-0.3, -0.25) is 9.88 Å². The normalized spacial score (nSPS) is 15.6. The van der Waals surface area contributed by atoms with Crippen LogP contribution in [0.15, 0.2) is 42.7 Å². The molecule has 1 aromatic carbocycles. The molecule has 136 valence electrons. The average molecular weight is 360 g/mol. The fourth-order valence-corrected chi connectivity index (χ4v) is 3.61. The van der Waals surface area contributed by atoms with Crippen molar-refractivity contribution in [1.29, 1.82) is 0 Å². The Morgan fingerprint density at radius 3 is 2.85 bits per heavy atom. The van der Waals surface area contributed by atoms with Crippen molar-refractivity contribution in [3.05, 3.63) is 65.4 Å². The van der Waals surface area contributed by atoms with Gasteiger partial charge in [0, 0.05) is 55.3 Å². The van der Waals surface area contributed by atoms with Crippen LogP contribution in [-0.2, 0) is 19.5 Å². The van der Waals surface area contributed by atoms with Crippen LogP contribution in [0, 0.1) is 6.92 Å². The smallest absolute Gasteiger partial charge is 0.231 e. The predicted octanol–water partition coefficient (Wildman–Crippen LogP) is 3.13. The first-order valence-electron chi connectivity index (χ1n) is 9.13. The molecule has 0 spiro atoms. The summed E-state index contributed by atoms with van der Waals surface area (Å²) < 4.78 is 10.8. The van der Waals surface area contributed by atoms with Gasteiger partial charge >= 0.3 is 0 Å². The standard InChI is InChI=1S/C21H20N4O2/c1-14-22-10-17-12-25(7-6-19(17)24-14)11-15-2-4-18(23-9-15)16-3-5-20-21(8-16)27-13-26-20/h2-5,8-10H,6-7,11-13H2,1H3. The number of fused-ring (bicyclic) bond motifs is 2. The minimum absolute atomic E-state index is 0.286. The van der Waals surface area contributed by atoms with Crippen LogP contribution in [0.3, 0.4) is 0 Å². The number of hydrogen-bond donors (Lipinski definition) is 0. The SMILES string of the molecule is Cc1ncc2c(n1)CCN(Cc1ccc(-c3ccc4c(c3)OCO4)nc1)C2. The molecule has 0 fully saturated rings. The van der Waals surface area contributed by atoms with E-state index in [0.29, 0.717) is 0 Å². The van der Waals surface area contributed by atoms with Crippen molar-refractivity contribution in [2.75, 3.05) is 13.3 Å². The van der Waals surface area contributed by atoms with E-state index in [0.717, 1.165) is 54.6 Å². The van der Waals surface area contributed by atoms with Crippen LogP contribution in [0.2, 0.25) is 0 Å². The lowest BCUT2D eigenvalue weighted by Crippen LogP contribution is -2.31. The Balaban J connectivity index is 1.29. The number of aromatic nitrogens is 3. The zero-order valence-corrected chi connectivity index (χ0v) is 15.2. The predicted molar refractivity (Wildman–Crippen MR) is 100 cm³/mol. The summed E-state index contributed by atoms with van der Waals surface area (Å²) in [6, 6.07) is 10.1. The molecule has 0 radical (unpaired) electrons. The summed E-state index contributed by atoms with van der Waals surface area (Å²) in [5.74, 6) is 2.42. The molecular formula is C21H20N4O2. The number of ether oxygens (including phenoxy) is 2. The Morgan fingerprint density at radius 1 is 1.04 bits per heavy atom. The largest absolute Gasteiger partial charge is 0.454 e. The molecule has 6 nitrogen and oxygen atoms in total. The highest BCUT2D eigenvalue weighted by Gasteiger charge is 2.18. The van der Waals surface area contributed by atoms with Gasteiger partial charge in [-0.1, -0.05) is 6.07 Å². The van der Waals surface area contributed by atoms with Crippen LogP contribution in [0.1, 0.15) is 22.6 Å². The monoisotopic (exact) mass is 360 g/mol. The molecule has 4 heterocycles. The Kier molecular flexibility index (Phi) is 3.98. The molecule has 2 aliphatic rings. The molecule has 0 saturated heterocycles. The van der Waals surface area contributed by atoms with Crippen molar-refractivity contribution >= 4 is 0 Å². The van der Waals surface area contributed by atoms with E-state index in [1.165, 1.54) is 16.8 Å². The Labute approximate surface area is 157 Å². The first-order valence-corrected chi connectivity index (χ1v) is 9.13. The van der Waals surface area contributed by atoms with E-state index in [1.807, 2.05) is 37.5 Å². The minimum atomic E-state index is 0.286. The first kappa shape index (κ1) is 16.2. The molecule has 5 rings (SSSR count). The van der Waals surface area contributed by atoms with Crippen LogP contribution < -0.4 is 9.47 Å². The van der Waals surface area contributed by atoms with E-state index in [9.17, 15) is 0 Å². The lowest BCUT2D eigenvalue weighted by molar-refractivity contribution is 0.174. The van der Waals surface area contributed by atoms with E-state index in [2.05, 4.69) is 32.0 Å². The third-order valence-electron chi connectivity index (χ3n) is 5.03. The first-order chi connectivity index (χ1) is 13.2. The third kappa shape index (κ3) is 3.24. The Morgan fingerprint density at radius 2 is 1.96 bits per heavy atom. The van der Waals surface area contributed by atoms with E-state index >= 15 is 0 Å². The highest BCUT2D eigenvalue weighted by Crippen LogP contribution is 2.35. The highest BCUT2D eigenvalue weighted by molar-refractivity contribution is 5.64. The second kappa shape index (κ2) is 6.63. The number of aryl methyl sites for hydroxylation is 1. The zero-order valence-electron chi connectivity index (χ0n) is 15.2. The van der Waals surface area contributed by atoms with Crippen LogP contribution in [0.5, 0.6) is 11.5 Å². The molecule has 6 heteroatoms. The molecular weight excluding hydrogens is 340 g/mol. The van der Waals surface area contributed by atoms with Gasteiger partial charge in [-0.2, -0.15) is 0 Å². The maximum atomic E-state index is 5.45. The topological polar surface area (TPSA) is 60.4 Å². The summed E-state index contributed by atoms with van der Waals surface area (Å²) in [4.78, 5) is 16.0. The molecule has 0 bridgehead atoms. The quantitative estimate of drug-likeness (QED) is 0.715. The molecule has 0 saturated carbocycles. The van der Waals surface area contributed by atoms with Crippen molar-refractivity contribution in [3.63, 3.8) is 0 Å². The van der Waals surface area contributed by atoms with Crippen LogP contribution in [0.25, 0.3) is 11.3 Å². The van der Waals surface area contributed by atoms with Crippen molar-refractivity contribution in [1.82, 2.24) is 19.9 Å². The van der Waals surface area contributed by atoms with E-state index in [1.54, 1.807) is 0 Å². The van der Waals surface area contributed by atoms with Gasteiger partial charge in [0.05, 0.1) is 5.69 Å². The van der Waals surface area contributed by atoms with Crippen molar-refractivity contribution < 1.29 is 9.47 Å². The fraction of sp³-hybridized carbons (Fsp3) is 0.286. The van der Waals surface area contributed by atoms with Gasteiger partial charge < -0.3 is 9.47 Å². The molecule has 0 atom stereocenters. The zero-order chi connectivity index (χ0) is 18.2. The van der Waals surface area contributed by atoms with Crippen LogP contribution in [-0.4, -0.2) is 33.2 Å². The lowest BCUT2D eigenvalue weighted by Gasteiger charge is -2.27. The maximum absolute atomic E-state index is 5.45. The third-order valence-corrected chi connectivity index (χ3v) is 5.03. The molecule has 2 aromatic heterocycles. The van der Waals surface area contributed by atoms with Crippen molar-refractivity contribution in [3.8, 4) is 22.8 Å². The summed E-state index contributed by atoms with van der Waals surface area (Å²) in [5.41, 5.74) is 5.60. The van der Waals surface area contributed by atoms with E-state index in [-0.39, 0.29) is 6.79 Å². The number of rotatable bonds is 3. The van der Waals surface area contributed by atoms with Crippen molar-refractivity contribution in [2.24, 2.45) is 0 Å². The van der Waals surface area contributed by atoms with Crippen molar-refractivity contribution in [2.45, 2.75) is 26.4 Å². The molecule has 3 aromatic rings.